The molecule has 11 heteroatoms. The van der Waals surface area contributed by atoms with Crippen LogP contribution in [0, 0.1) is 13.8 Å². The number of ether oxygens (including phenoxy) is 1. The monoisotopic (exact) mass is 1840 g/mol. The maximum absolute atomic E-state index is 10.8. The second-order valence-electron chi connectivity index (χ2n) is 26.7. The van der Waals surface area contributed by atoms with Crippen molar-refractivity contribution in [3.05, 3.63) is 432 Å². The van der Waals surface area contributed by atoms with Gasteiger partial charge < -0.3 is 0 Å². The predicted molar refractivity (Wildman–Crippen MR) is 509 cm³/mol. The van der Waals surface area contributed by atoms with Gasteiger partial charge in [0.25, 0.3) is 0 Å². The van der Waals surface area contributed by atoms with Crippen molar-refractivity contribution in [3.63, 3.8) is 0 Å². The average molecular weight is 1840 g/mol. The van der Waals surface area contributed by atoms with Gasteiger partial charge in [-0.05, 0) is 140 Å². The van der Waals surface area contributed by atoms with E-state index < -0.39 is 50.1 Å². The van der Waals surface area contributed by atoms with Gasteiger partial charge in [0.2, 0.25) is 0 Å². The van der Waals surface area contributed by atoms with E-state index in [1.165, 1.54) is 119 Å². The standard InChI is InChI=1S/4C18H15P.C8H9NO.C6H6BrN.C4H7O.3C4H9.CH4.Pd.Sn/c4*1-4-10-16(11-5-1)19(17-12-6-2-7-13-17)18-14-8-3-9-15-18;1-6-5-8(7(2)10)3-4-9-6;1-5-4-6(7)2-3-8-5;1-3-5-4-2;3*1-3-4-2;;;/h4*1-15H;3-5H,1-2H3;2-4H,1H3;1,4H2,2H3;3*1,3-4H2,2H3;1H4;;. The quantitative estimate of drug-likeness (QED) is 0.0248. The van der Waals surface area contributed by atoms with E-state index in [0.29, 0.717) is 0 Å². The zero-order valence-electron chi connectivity index (χ0n) is 66.6. The molecule has 114 heavy (non-hydrogen) atoms. The molecule has 0 amide bonds. The molecule has 2 heterocycles. The van der Waals surface area contributed by atoms with Crippen LogP contribution in [0.25, 0.3) is 0 Å². The molecular weight excluding hydrogens is 1730 g/mol. The number of aryl methyl sites for hydroxylation is 2. The number of hydrogen-bond acceptors (Lipinski definition) is 4. The molecule has 0 aliphatic rings. The smallest absolute Gasteiger partial charge is 0.159 e. The summed E-state index contributed by atoms with van der Waals surface area (Å²) in [6.45, 7) is 19.5. The summed E-state index contributed by atoms with van der Waals surface area (Å²) in [5.41, 5.74) is 2.65. The molecule has 0 saturated heterocycles. The first-order chi connectivity index (χ1) is 54.9. The molecule has 0 atom stereocenters. The average Bonchev–Trinajstić information content (AvgIpc) is 0.856. The van der Waals surface area contributed by atoms with Crippen molar-refractivity contribution in [1.82, 2.24) is 9.97 Å². The summed E-state index contributed by atoms with van der Waals surface area (Å²) >= 11 is 1.08. The molecule has 12 aromatic carbocycles. The minimum Gasteiger partial charge on any atom is -0.295 e. The van der Waals surface area contributed by atoms with Gasteiger partial charge in [-0.1, -0.05) is 387 Å². The van der Waals surface area contributed by atoms with Gasteiger partial charge >= 0.3 is 120 Å². The Hall–Kier alpha value is -8.19. The summed E-state index contributed by atoms with van der Waals surface area (Å²) in [5.74, 6) is 0.0884. The SMILES string of the molecule is C.C=[C](OCC)[Sn]([CH2]CCC)([CH2]CCC)[CH2]CCC.CC(=O)c1ccnc(C)c1.Cc1cc(Br)ccn1.[Pd].c1ccc(P(c2ccccc2)c2ccccc2)cc1.c1ccc(P(c2ccccc2)c2ccccc2)cc1.c1ccc(P(c2ccccc2)c2ccccc2)cc1.c1ccc(P(c2ccccc2)c2ccccc2)cc1. The van der Waals surface area contributed by atoms with Crippen molar-refractivity contribution in [1.29, 1.82) is 0 Å². The number of unbranched alkanes of at least 4 members (excludes halogenated alkanes) is 3. The number of benzene rings is 12. The van der Waals surface area contributed by atoms with Gasteiger partial charge in [-0.2, -0.15) is 0 Å². The summed E-state index contributed by atoms with van der Waals surface area (Å²) in [5, 5.41) is 16.8. The maximum atomic E-state index is 10.8. The van der Waals surface area contributed by atoms with E-state index in [0.717, 1.165) is 28.0 Å². The number of hydrogen-bond donors (Lipinski definition) is 0. The van der Waals surface area contributed by atoms with E-state index in [2.05, 4.69) is 424 Å². The van der Waals surface area contributed by atoms with Gasteiger partial charge in [-0.3, -0.25) is 14.8 Å². The summed E-state index contributed by atoms with van der Waals surface area (Å²) < 4.78 is 12.6. The number of aromatic nitrogens is 2. The minimum atomic E-state index is -2.24. The summed E-state index contributed by atoms with van der Waals surface area (Å²) in [6, 6.07) is 137. The van der Waals surface area contributed by atoms with Crippen molar-refractivity contribution in [2.75, 3.05) is 6.61 Å². The second kappa shape index (κ2) is 55.4. The molecule has 14 aromatic rings. The number of Topliss-reactive ketones (excluding diaryl/α,β-unsaturated/α-hetero) is 1. The van der Waals surface area contributed by atoms with E-state index >= 15 is 0 Å². The predicted octanol–water partition coefficient (Wildman–Crippen LogP) is 24.1. The first-order valence-corrected chi connectivity index (χ1v) is 52.7. The molecule has 0 fully saturated rings. The number of pyridine rings is 2. The van der Waals surface area contributed by atoms with Gasteiger partial charge in [0.05, 0.1) is 0 Å². The van der Waals surface area contributed by atoms with Crippen molar-refractivity contribution >= 4 is 135 Å². The molecule has 588 valence electrons. The zero-order valence-corrected chi connectivity index (χ0v) is 76.1. The number of carbonyl (C=O) groups excluding carboxylic acids is 1. The van der Waals surface area contributed by atoms with Gasteiger partial charge in [0.15, 0.2) is 5.78 Å². The van der Waals surface area contributed by atoms with Crippen LogP contribution >= 0.6 is 47.6 Å². The Kier molecular flexibility index (Phi) is 46.0. The first-order valence-electron chi connectivity index (χ1n) is 39.1. The Bertz CT molecular complexity index is 3930. The van der Waals surface area contributed by atoms with Gasteiger partial charge in [0.1, 0.15) is 0 Å². The van der Waals surface area contributed by atoms with Crippen LogP contribution in [0.15, 0.2) is 415 Å². The van der Waals surface area contributed by atoms with Crippen LogP contribution in [0.4, 0.5) is 0 Å². The Morgan fingerprint density at radius 1 is 0.333 bits per heavy atom. The van der Waals surface area contributed by atoms with Crippen LogP contribution in [-0.2, 0) is 25.2 Å². The minimum absolute atomic E-state index is 0. The molecule has 4 nitrogen and oxygen atoms in total. The molecule has 0 aliphatic carbocycles. The Morgan fingerprint density at radius 2 is 0.526 bits per heavy atom. The van der Waals surface area contributed by atoms with Gasteiger partial charge in [0, 0.05) is 54.2 Å². The molecular formula is C103H113BrN2O2P4PdSn. The van der Waals surface area contributed by atoms with Crippen LogP contribution in [0.2, 0.25) is 13.3 Å². The number of halogens is 1. The van der Waals surface area contributed by atoms with Crippen molar-refractivity contribution in [3.8, 4) is 0 Å². The molecule has 0 N–H and O–H groups in total. The maximum Gasteiger partial charge on any atom is 0.159 e. The van der Waals surface area contributed by atoms with Crippen LogP contribution in [0.5, 0.6) is 0 Å². The molecule has 0 aliphatic heterocycles. The topological polar surface area (TPSA) is 52.1 Å². The van der Waals surface area contributed by atoms with Crippen molar-refractivity contribution in [2.24, 2.45) is 0 Å². The third kappa shape index (κ3) is 32.5. The number of ketones is 1. The van der Waals surface area contributed by atoms with Crippen LogP contribution in [0.1, 0.15) is 102 Å². The van der Waals surface area contributed by atoms with Crippen LogP contribution in [-0.4, -0.2) is 40.7 Å². The largest absolute Gasteiger partial charge is 0.295 e. The van der Waals surface area contributed by atoms with Gasteiger partial charge in [-0.15, -0.1) is 0 Å². The molecule has 14 rings (SSSR count). The Balaban J connectivity index is 0.000000210. The second-order valence-corrected chi connectivity index (χ2v) is 49.6. The molecule has 0 unspecified atom stereocenters. The van der Waals surface area contributed by atoms with Crippen molar-refractivity contribution < 1.29 is 30.0 Å². The number of nitrogens with zero attached hydrogens (tertiary/aromatic N) is 2. The Morgan fingerprint density at radius 3 is 0.667 bits per heavy atom. The van der Waals surface area contributed by atoms with Crippen molar-refractivity contribution in [2.45, 2.75) is 108 Å². The fourth-order valence-corrected chi connectivity index (χ4v) is 37.0. The van der Waals surface area contributed by atoms with E-state index in [-0.39, 0.29) is 33.6 Å². The fourth-order valence-electron chi connectivity index (χ4n) is 12.7. The van der Waals surface area contributed by atoms with Crippen LogP contribution in [0.3, 0.4) is 0 Å². The van der Waals surface area contributed by atoms with Gasteiger partial charge in [-0.25, -0.2) is 0 Å². The normalized spacial score (nSPS) is 10.4. The molecule has 0 radical (unpaired) electrons. The van der Waals surface area contributed by atoms with E-state index in [9.17, 15) is 4.79 Å². The number of rotatable bonds is 25. The number of carbonyl (C=O) groups is 1. The zero-order chi connectivity index (χ0) is 79.1. The first kappa shape index (κ1) is 94.7. The van der Waals surface area contributed by atoms with E-state index in [4.69, 9.17) is 4.74 Å². The molecule has 2 aromatic heterocycles. The Labute approximate surface area is 715 Å². The third-order valence-corrected chi connectivity index (χ3v) is 43.5. The summed E-state index contributed by atoms with van der Waals surface area (Å²) in [4.78, 5) is 18.7. The fraction of sp³-hybridized carbons (Fsp3) is 0.175. The molecule has 0 bridgehead atoms. The third-order valence-electron chi connectivity index (χ3n) is 18.3. The van der Waals surface area contributed by atoms with E-state index in [1.807, 2.05) is 26.0 Å². The summed E-state index contributed by atoms with van der Waals surface area (Å²) in [6.07, 6.45) is 11.5. The molecule has 0 saturated carbocycles. The van der Waals surface area contributed by atoms with E-state index in [1.54, 1.807) is 31.5 Å². The summed E-state index contributed by atoms with van der Waals surface area (Å²) in [7, 11) is -1.78. The van der Waals surface area contributed by atoms with Crippen LogP contribution < -0.4 is 63.7 Å². The molecule has 0 spiro atoms.